The van der Waals surface area contributed by atoms with Gasteiger partial charge in [0.05, 0.1) is 10.4 Å². The first-order valence-electron chi connectivity index (χ1n) is 6.00. The summed E-state index contributed by atoms with van der Waals surface area (Å²) >= 11 is 14.4. The molecule has 0 aliphatic heterocycles. The van der Waals surface area contributed by atoms with Crippen molar-refractivity contribution in [1.29, 1.82) is 0 Å². The van der Waals surface area contributed by atoms with Crippen molar-refractivity contribution >= 4 is 51.7 Å². The first kappa shape index (κ1) is 15.6. The van der Waals surface area contributed by atoms with Gasteiger partial charge in [-0.2, -0.15) is 0 Å². The summed E-state index contributed by atoms with van der Waals surface area (Å²) in [5, 5.41) is 3.13. The zero-order valence-electron chi connectivity index (χ0n) is 10.4. The molecular weight excluding hydrogens is 408 g/mol. The second-order valence-electron chi connectivity index (χ2n) is 4.22. The van der Waals surface area contributed by atoms with Crippen LogP contribution in [-0.2, 0) is 0 Å². The van der Waals surface area contributed by atoms with Crippen molar-refractivity contribution in [2.75, 3.05) is 6.54 Å². The fourth-order valence-corrected chi connectivity index (χ4v) is 2.44. The second kappa shape index (κ2) is 7.29. The third-order valence-electron chi connectivity index (χ3n) is 2.78. The average molecular weight is 420 g/mol. The lowest BCUT2D eigenvalue weighted by Gasteiger charge is -2.11. The predicted molar refractivity (Wildman–Crippen MR) is 91.5 cm³/mol. The molecule has 104 valence electrons. The van der Waals surface area contributed by atoms with Gasteiger partial charge in [0, 0.05) is 15.7 Å². The Hall–Kier alpha value is -0.780. The monoisotopic (exact) mass is 419 g/mol. The highest BCUT2D eigenvalue weighted by Crippen LogP contribution is 2.21. The van der Waals surface area contributed by atoms with E-state index in [2.05, 4.69) is 27.9 Å². The van der Waals surface area contributed by atoms with Crippen molar-refractivity contribution < 1.29 is 4.79 Å². The zero-order valence-corrected chi connectivity index (χ0v) is 14.1. The molecule has 1 amide bonds. The van der Waals surface area contributed by atoms with E-state index in [1.165, 1.54) is 0 Å². The van der Waals surface area contributed by atoms with Crippen LogP contribution in [0.5, 0.6) is 0 Å². The summed E-state index contributed by atoms with van der Waals surface area (Å²) < 4.78 is 0.917. The number of hydrogen-bond donors (Lipinski definition) is 1. The van der Waals surface area contributed by atoms with Gasteiger partial charge in [-0.05, 0) is 46.4 Å². The van der Waals surface area contributed by atoms with Gasteiger partial charge in [0.25, 0.3) is 5.91 Å². The summed E-state index contributed by atoms with van der Waals surface area (Å²) in [6.07, 6.45) is 0. The first-order chi connectivity index (χ1) is 9.58. The number of amides is 1. The number of benzene rings is 2. The maximum Gasteiger partial charge on any atom is 0.251 e. The van der Waals surface area contributed by atoms with Crippen LogP contribution in [0.1, 0.15) is 21.3 Å². The number of carbonyl (C=O) groups excluding carboxylic acids is 1. The van der Waals surface area contributed by atoms with Gasteiger partial charge in [-0.1, -0.05) is 41.9 Å². The van der Waals surface area contributed by atoms with Crippen LogP contribution in [0, 0.1) is 3.57 Å². The largest absolute Gasteiger partial charge is 0.350 e. The average Bonchev–Trinajstić information content (AvgIpc) is 2.48. The molecule has 0 fully saturated rings. The quantitative estimate of drug-likeness (QED) is 0.567. The van der Waals surface area contributed by atoms with Crippen LogP contribution in [0.25, 0.3) is 0 Å². The smallest absolute Gasteiger partial charge is 0.251 e. The maximum absolute atomic E-state index is 12.0. The van der Waals surface area contributed by atoms with E-state index in [1.54, 1.807) is 12.1 Å². The molecule has 0 aliphatic rings. The number of alkyl halides is 1. The predicted octanol–water partition coefficient (Wildman–Crippen LogP) is 4.65. The van der Waals surface area contributed by atoms with Crippen molar-refractivity contribution in [1.82, 2.24) is 5.32 Å². The van der Waals surface area contributed by atoms with Gasteiger partial charge in [0.15, 0.2) is 0 Å². The molecule has 20 heavy (non-hydrogen) atoms. The van der Waals surface area contributed by atoms with Crippen molar-refractivity contribution in [2.24, 2.45) is 0 Å². The lowest BCUT2D eigenvalue weighted by Crippen LogP contribution is -2.26. The Morgan fingerprint density at radius 2 is 1.90 bits per heavy atom. The number of rotatable bonds is 4. The molecule has 1 atom stereocenters. The van der Waals surface area contributed by atoms with E-state index in [-0.39, 0.29) is 11.3 Å². The van der Waals surface area contributed by atoms with Gasteiger partial charge in [-0.25, -0.2) is 0 Å². The van der Waals surface area contributed by atoms with Crippen LogP contribution < -0.4 is 5.32 Å². The van der Waals surface area contributed by atoms with Crippen LogP contribution in [0.3, 0.4) is 0 Å². The van der Waals surface area contributed by atoms with Gasteiger partial charge in [-0.15, -0.1) is 11.6 Å². The molecule has 0 saturated heterocycles. The van der Waals surface area contributed by atoms with Crippen LogP contribution in [0.2, 0.25) is 5.02 Å². The Morgan fingerprint density at radius 1 is 1.20 bits per heavy atom. The Bertz CT molecular complexity index is 604. The van der Waals surface area contributed by atoms with Crippen molar-refractivity contribution in [3.05, 3.63) is 68.3 Å². The van der Waals surface area contributed by atoms with Gasteiger partial charge < -0.3 is 5.32 Å². The SMILES string of the molecule is O=C(NCC(Cl)c1ccccc1)c1ccc(I)c(Cl)c1. The minimum absolute atomic E-state index is 0.176. The second-order valence-corrected chi connectivity index (χ2v) is 6.31. The summed E-state index contributed by atoms with van der Waals surface area (Å²) in [4.78, 5) is 12.0. The molecule has 0 saturated carbocycles. The molecule has 0 bridgehead atoms. The van der Waals surface area contributed by atoms with E-state index in [9.17, 15) is 4.79 Å². The molecule has 5 heteroatoms. The Labute approximate surface area is 141 Å². The summed E-state index contributed by atoms with van der Waals surface area (Å²) in [6.45, 7) is 0.369. The summed E-state index contributed by atoms with van der Waals surface area (Å²) in [5.41, 5.74) is 1.52. The van der Waals surface area contributed by atoms with E-state index in [4.69, 9.17) is 23.2 Å². The highest BCUT2D eigenvalue weighted by atomic mass is 127. The molecule has 0 aromatic heterocycles. The molecule has 0 heterocycles. The van der Waals surface area contributed by atoms with Crippen LogP contribution in [0.4, 0.5) is 0 Å². The standard InChI is InChI=1S/C15H12Cl2INO/c16-12-8-11(6-7-14(12)18)15(20)19-9-13(17)10-4-2-1-3-5-10/h1-8,13H,9H2,(H,19,20). The fourth-order valence-electron chi connectivity index (χ4n) is 1.70. The van der Waals surface area contributed by atoms with Crippen LogP contribution in [-0.4, -0.2) is 12.5 Å². The number of halogens is 3. The molecule has 0 spiro atoms. The van der Waals surface area contributed by atoms with Crippen molar-refractivity contribution in [3.8, 4) is 0 Å². The molecule has 0 aliphatic carbocycles. The van der Waals surface area contributed by atoms with E-state index in [1.807, 2.05) is 36.4 Å². The minimum atomic E-state index is -0.250. The Balaban J connectivity index is 1.97. The lowest BCUT2D eigenvalue weighted by atomic mass is 10.1. The maximum atomic E-state index is 12.0. The highest BCUT2D eigenvalue weighted by Gasteiger charge is 2.11. The number of carbonyl (C=O) groups is 1. The third-order valence-corrected chi connectivity index (χ3v) is 4.76. The van der Waals surface area contributed by atoms with Gasteiger partial charge >= 0.3 is 0 Å². The van der Waals surface area contributed by atoms with E-state index >= 15 is 0 Å². The molecule has 2 nitrogen and oxygen atoms in total. The Morgan fingerprint density at radius 3 is 2.55 bits per heavy atom. The molecule has 2 rings (SSSR count). The number of hydrogen-bond acceptors (Lipinski definition) is 1. The van der Waals surface area contributed by atoms with E-state index in [0.29, 0.717) is 17.1 Å². The van der Waals surface area contributed by atoms with E-state index in [0.717, 1.165) is 9.13 Å². The summed E-state index contributed by atoms with van der Waals surface area (Å²) in [5.74, 6) is -0.176. The zero-order chi connectivity index (χ0) is 14.5. The van der Waals surface area contributed by atoms with Gasteiger partial charge in [-0.3, -0.25) is 4.79 Å². The topological polar surface area (TPSA) is 29.1 Å². The van der Waals surface area contributed by atoms with E-state index < -0.39 is 0 Å². The normalized spacial score (nSPS) is 11.9. The molecular formula is C15H12Cl2INO. The number of nitrogens with one attached hydrogen (secondary N) is 1. The molecule has 2 aromatic rings. The third kappa shape index (κ3) is 4.11. The summed E-state index contributed by atoms with van der Waals surface area (Å²) in [6, 6.07) is 14.9. The van der Waals surface area contributed by atoms with Crippen LogP contribution >= 0.6 is 45.8 Å². The Kier molecular flexibility index (Phi) is 5.69. The molecule has 0 radical (unpaired) electrons. The highest BCUT2D eigenvalue weighted by molar-refractivity contribution is 14.1. The molecule has 1 unspecified atom stereocenters. The lowest BCUT2D eigenvalue weighted by molar-refractivity contribution is 0.0953. The van der Waals surface area contributed by atoms with Crippen molar-refractivity contribution in [3.63, 3.8) is 0 Å². The molecule has 2 aromatic carbocycles. The van der Waals surface area contributed by atoms with Gasteiger partial charge in [0.2, 0.25) is 0 Å². The fraction of sp³-hybridized carbons (Fsp3) is 0.133. The molecule has 1 N–H and O–H groups in total. The summed E-state index contributed by atoms with van der Waals surface area (Å²) in [7, 11) is 0. The van der Waals surface area contributed by atoms with Crippen molar-refractivity contribution in [2.45, 2.75) is 5.38 Å². The first-order valence-corrected chi connectivity index (χ1v) is 7.89. The van der Waals surface area contributed by atoms with Gasteiger partial charge in [0.1, 0.15) is 0 Å². The minimum Gasteiger partial charge on any atom is -0.350 e. The van der Waals surface area contributed by atoms with Crippen LogP contribution in [0.15, 0.2) is 48.5 Å².